The minimum Gasteiger partial charge on any atom is -0.488 e. The molecule has 0 unspecified atom stereocenters. The van der Waals surface area contributed by atoms with Gasteiger partial charge in [-0.15, -0.1) is 0 Å². The predicted octanol–water partition coefficient (Wildman–Crippen LogP) is 4.19. The zero-order valence-corrected chi connectivity index (χ0v) is 15.4. The first-order chi connectivity index (χ1) is 14.3. The van der Waals surface area contributed by atoms with E-state index in [-0.39, 0.29) is 23.4 Å². The van der Waals surface area contributed by atoms with E-state index in [1.807, 2.05) is 0 Å². The first kappa shape index (κ1) is 19.9. The maximum absolute atomic E-state index is 13.3. The Morgan fingerprint density at radius 3 is 2.70 bits per heavy atom. The second-order valence-corrected chi connectivity index (χ2v) is 6.74. The number of nitrogens with zero attached hydrogens (tertiary/aromatic N) is 3. The van der Waals surface area contributed by atoms with Crippen LogP contribution in [0, 0.1) is 5.82 Å². The van der Waals surface area contributed by atoms with Gasteiger partial charge in [0.25, 0.3) is 5.91 Å². The summed E-state index contributed by atoms with van der Waals surface area (Å²) in [6.45, 7) is 0.749. The fourth-order valence-electron chi connectivity index (χ4n) is 3.17. The summed E-state index contributed by atoms with van der Waals surface area (Å²) in [5.41, 5.74) is 0.563. The fourth-order valence-corrected chi connectivity index (χ4v) is 3.17. The van der Waals surface area contributed by atoms with E-state index in [4.69, 9.17) is 4.74 Å². The third-order valence-electron chi connectivity index (χ3n) is 4.57. The monoisotopic (exact) mass is 421 g/mol. The molecule has 6 nitrogen and oxygen atoms in total. The average molecular weight is 421 g/mol. The molecule has 2 heterocycles. The van der Waals surface area contributed by atoms with Crippen molar-refractivity contribution in [1.82, 2.24) is 15.0 Å². The van der Waals surface area contributed by atoms with E-state index in [9.17, 15) is 22.4 Å². The molecule has 1 amide bonds. The van der Waals surface area contributed by atoms with Crippen LogP contribution in [0.2, 0.25) is 0 Å². The summed E-state index contributed by atoms with van der Waals surface area (Å²) in [6, 6.07) is 11.7. The van der Waals surface area contributed by atoms with Gasteiger partial charge in [-0.25, -0.2) is 4.39 Å². The standard InChI is InChI=1S/C20H15F4N3O3/c21-14-5-1-4-13(9-14)18(28)27-8-7-16(11-27)29-15-6-2-3-12(10-15)17-25-19(30-26-17)20(22,23)24/h1-6,9-10,16H,7-8,11H2/t16-/m1/s1. The van der Waals surface area contributed by atoms with Gasteiger partial charge in [0.15, 0.2) is 0 Å². The van der Waals surface area contributed by atoms with Crippen LogP contribution in [-0.4, -0.2) is 40.1 Å². The second kappa shape index (κ2) is 7.77. The number of carbonyl (C=O) groups is 1. The molecular formula is C20H15F4N3O3. The van der Waals surface area contributed by atoms with Gasteiger partial charge in [0.2, 0.25) is 5.82 Å². The van der Waals surface area contributed by atoms with E-state index >= 15 is 0 Å². The molecule has 0 radical (unpaired) electrons. The Balaban J connectivity index is 1.42. The molecule has 1 atom stereocenters. The number of likely N-dealkylation sites (tertiary alicyclic amines) is 1. The largest absolute Gasteiger partial charge is 0.488 e. The molecule has 0 saturated carbocycles. The first-order valence-electron chi connectivity index (χ1n) is 9.02. The summed E-state index contributed by atoms with van der Waals surface area (Å²) < 4.78 is 61.4. The lowest BCUT2D eigenvalue weighted by Gasteiger charge is -2.17. The molecule has 0 bridgehead atoms. The molecule has 0 spiro atoms. The van der Waals surface area contributed by atoms with Crippen molar-refractivity contribution in [2.24, 2.45) is 0 Å². The van der Waals surface area contributed by atoms with Crippen molar-refractivity contribution < 1.29 is 31.6 Å². The van der Waals surface area contributed by atoms with Gasteiger partial charge in [0.1, 0.15) is 17.7 Å². The van der Waals surface area contributed by atoms with Crippen LogP contribution in [0.25, 0.3) is 11.4 Å². The number of halogens is 4. The van der Waals surface area contributed by atoms with E-state index in [0.717, 1.165) is 0 Å². The van der Waals surface area contributed by atoms with Crippen molar-refractivity contribution in [3.8, 4) is 17.1 Å². The molecule has 1 aliphatic heterocycles. The summed E-state index contributed by atoms with van der Waals surface area (Å²) >= 11 is 0. The van der Waals surface area contributed by atoms with Crippen LogP contribution in [-0.2, 0) is 6.18 Å². The van der Waals surface area contributed by atoms with Crippen LogP contribution in [0.4, 0.5) is 17.6 Å². The maximum atomic E-state index is 13.3. The van der Waals surface area contributed by atoms with Gasteiger partial charge < -0.3 is 14.2 Å². The maximum Gasteiger partial charge on any atom is 0.471 e. The van der Waals surface area contributed by atoms with Crippen LogP contribution >= 0.6 is 0 Å². The lowest BCUT2D eigenvalue weighted by atomic mass is 10.2. The Hall–Kier alpha value is -3.43. The van der Waals surface area contributed by atoms with Crippen molar-refractivity contribution >= 4 is 5.91 Å². The van der Waals surface area contributed by atoms with E-state index in [0.29, 0.717) is 30.8 Å². The van der Waals surface area contributed by atoms with Crippen LogP contribution in [0.3, 0.4) is 0 Å². The first-order valence-corrected chi connectivity index (χ1v) is 9.02. The summed E-state index contributed by atoms with van der Waals surface area (Å²) in [4.78, 5) is 17.4. The van der Waals surface area contributed by atoms with Gasteiger partial charge in [0.05, 0.1) is 6.54 Å². The van der Waals surface area contributed by atoms with Gasteiger partial charge in [-0.2, -0.15) is 18.2 Å². The molecule has 0 N–H and O–H groups in total. The van der Waals surface area contributed by atoms with Gasteiger partial charge >= 0.3 is 12.1 Å². The Morgan fingerprint density at radius 1 is 1.17 bits per heavy atom. The van der Waals surface area contributed by atoms with E-state index in [1.54, 1.807) is 23.1 Å². The smallest absolute Gasteiger partial charge is 0.471 e. The number of ether oxygens (including phenoxy) is 1. The molecule has 1 saturated heterocycles. The Bertz CT molecular complexity index is 1070. The lowest BCUT2D eigenvalue weighted by Crippen LogP contribution is -2.31. The number of hydrogen-bond acceptors (Lipinski definition) is 5. The molecule has 156 valence electrons. The Labute approximate surface area is 168 Å². The summed E-state index contributed by atoms with van der Waals surface area (Å²) in [5, 5.41) is 3.36. The SMILES string of the molecule is O=C(c1cccc(F)c1)N1CC[C@@H](Oc2cccc(-c3noc(C(F)(F)F)n3)c2)C1. The number of aromatic nitrogens is 2. The highest BCUT2D eigenvalue weighted by molar-refractivity contribution is 5.94. The third kappa shape index (κ3) is 4.27. The molecule has 1 fully saturated rings. The summed E-state index contributed by atoms with van der Waals surface area (Å²) in [7, 11) is 0. The third-order valence-corrected chi connectivity index (χ3v) is 4.57. The molecule has 1 aromatic heterocycles. The van der Waals surface area contributed by atoms with Gasteiger partial charge in [-0.3, -0.25) is 4.79 Å². The summed E-state index contributed by atoms with van der Waals surface area (Å²) in [6.07, 6.45) is -4.47. The molecule has 10 heteroatoms. The highest BCUT2D eigenvalue weighted by Gasteiger charge is 2.38. The topological polar surface area (TPSA) is 68.5 Å². The van der Waals surface area contributed by atoms with Gasteiger partial charge in [0, 0.05) is 24.1 Å². The number of rotatable bonds is 4. The Kier molecular flexibility index (Phi) is 5.15. The van der Waals surface area contributed by atoms with Crippen molar-refractivity contribution in [2.75, 3.05) is 13.1 Å². The fraction of sp³-hybridized carbons (Fsp3) is 0.250. The molecular weight excluding hydrogens is 406 g/mol. The van der Waals surface area contributed by atoms with Crippen LogP contribution in [0.15, 0.2) is 53.1 Å². The highest BCUT2D eigenvalue weighted by Crippen LogP contribution is 2.30. The van der Waals surface area contributed by atoms with E-state index < -0.39 is 17.9 Å². The zero-order valence-electron chi connectivity index (χ0n) is 15.4. The number of benzene rings is 2. The normalized spacial score (nSPS) is 16.7. The summed E-state index contributed by atoms with van der Waals surface area (Å²) in [5.74, 6) is -2.01. The molecule has 30 heavy (non-hydrogen) atoms. The quantitative estimate of drug-likeness (QED) is 0.591. The molecule has 0 aliphatic carbocycles. The minimum absolute atomic E-state index is 0.206. The lowest BCUT2D eigenvalue weighted by molar-refractivity contribution is -0.159. The van der Waals surface area contributed by atoms with Crippen molar-refractivity contribution in [2.45, 2.75) is 18.7 Å². The number of alkyl halides is 3. The van der Waals surface area contributed by atoms with Gasteiger partial charge in [-0.05, 0) is 30.3 Å². The van der Waals surface area contributed by atoms with Crippen molar-refractivity contribution in [3.05, 3.63) is 65.8 Å². The Morgan fingerprint density at radius 2 is 1.97 bits per heavy atom. The average Bonchev–Trinajstić information content (AvgIpc) is 3.37. The molecule has 1 aliphatic rings. The second-order valence-electron chi connectivity index (χ2n) is 6.74. The van der Waals surface area contributed by atoms with Crippen LogP contribution < -0.4 is 4.74 Å². The number of hydrogen-bond donors (Lipinski definition) is 0. The molecule has 2 aromatic carbocycles. The number of amides is 1. The zero-order chi connectivity index (χ0) is 21.3. The number of carbonyl (C=O) groups excluding carboxylic acids is 1. The predicted molar refractivity (Wildman–Crippen MR) is 96.1 cm³/mol. The van der Waals surface area contributed by atoms with E-state index in [2.05, 4.69) is 14.7 Å². The van der Waals surface area contributed by atoms with Gasteiger partial charge in [-0.1, -0.05) is 23.4 Å². The van der Waals surface area contributed by atoms with E-state index in [1.165, 1.54) is 30.3 Å². The molecule has 4 rings (SSSR count). The van der Waals surface area contributed by atoms with Crippen LogP contribution in [0.1, 0.15) is 22.7 Å². The van der Waals surface area contributed by atoms with Crippen molar-refractivity contribution in [1.29, 1.82) is 0 Å². The minimum atomic E-state index is -4.72. The highest BCUT2D eigenvalue weighted by atomic mass is 19.4. The molecule has 3 aromatic rings. The van der Waals surface area contributed by atoms with Crippen molar-refractivity contribution in [3.63, 3.8) is 0 Å². The van der Waals surface area contributed by atoms with Crippen LogP contribution in [0.5, 0.6) is 5.75 Å².